The maximum atomic E-state index is 13.4. The molecule has 0 radical (unpaired) electrons. The zero-order valence-corrected chi connectivity index (χ0v) is 16.5. The lowest BCUT2D eigenvalue weighted by Gasteiger charge is -2.22. The number of halogens is 1. The number of nitrogens with one attached hydrogen (secondary N) is 1. The fourth-order valence-corrected chi connectivity index (χ4v) is 6.42. The van der Waals surface area contributed by atoms with E-state index in [-0.39, 0.29) is 16.7 Å². The molecule has 1 aromatic carbocycles. The van der Waals surface area contributed by atoms with E-state index in [0.29, 0.717) is 18.7 Å². The standard InChI is InChI=1S/C16H18FN3O3S3/c1-11-19-13(8-25-11)5-6-18-16(21)15-9-24-10-20(15)26(22,23)14-4-2-3-12(17)7-14/h2-4,7-8,15H,5-6,9-10H2,1H3,(H,18,21). The second kappa shape index (κ2) is 8.03. The molecule has 1 unspecified atom stereocenters. The number of hydrogen-bond donors (Lipinski definition) is 1. The first-order valence-corrected chi connectivity index (χ1v) is 11.4. The van der Waals surface area contributed by atoms with Crippen molar-refractivity contribution in [3.63, 3.8) is 0 Å². The first-order valence-electron chi connectivity index (χ1n) is 7.92. The zero-order chi connectivity index (χ0) is 18.7. The van der Waals surface area contributed by atoms with E-state index < -0.39 is 21.9 Å². The van der Waals surface area contributed by atoms with Crippen LogP contribution in [0.15, 0.2) is 34.5 Å². The van der Waals surface area contributed by atoms with Gasteiger partial charge in [0.1, 0.15) is 11.9 Å². The minimum atomic E-state index is -3.93. The van der Waals surface area contributed by atoms with Gasteiger partial charge in [-0.3, -0.25) is 4.79 Å². The van der Waals surface area contributed by atoms with Crippen LogP contribution in [0.2, 0.25) is 0 Å². The second-order valence-electron chi connectivity index (χ2n) is 5.76. The Kier molecular flexibility index (Phi) is 5.96. The van der Waals surface area contributed by atoms with Crippen molar-refractivity contribution >= 4 is 39.0 Å². The summed E-state index contributed by atoms with van der Waals surface area (Å²) in [5, 5.41) is 5.68. The molecular weight excluding hydrogens is 397 g/mol. The van der Waals surface area contributed by atoms with Gasteiger partial charge in [0.2, 0.25) is 15.9 Å². The van der Waals surface area contributed by atoms with Crippen LogP contribution in [0.25, 0.3) is 0 Å². The third kappa shape index (κ3) is 4.25. The number of carbonyl (C=O) groups excluding carboxylic acids is 1. The van der Waals surface area contributed by atoms with Crippen molar-refractivity contribution in [2.24, 2.45) is 0 Å². The number of thioether (sulfide) groups is 1. The summed E-state index contributed by atoms with van der Waals surface area (Å²) < 4.78 is 40.0. The Morgan fingerprint density at radius 1 is 1.46 bits per heavy atom. The lowest BCUT2D eigenvalue weighted by atomic mass is 10.3. The number of nitrogens with zero attached hydrogens (tertiary/aromatic N) is 2. The molecule has 26 heavy (non-hydrogen) atoms. The van der Waals surface area contributed by atoms with Gasteiger partial charge in [0.15, 0.2) is 0 Å². The van der Waals surface area contributed by atoms with Crippen molar-refractivity contribution in [1.82, 2.24) is 14.6 Å². The van der Waals surface area contributed by atoms with Gasteiger partial charge in [-0.25, -0.2) is 17.8 Å². The molecule has 2 aromatic rings. The Morgan fingerprint density at radius 3 is 2.96 bits per heavy atom. The number of carbonyl (C=O) groups is 1. The van der Waals surface area contributed by atoms with Gasteiger partial charge in [-0.1, -0.05) is 6.07 Å². The number of rotatable bonds is 6. The summed E-state index contributed by atoms with van der Waals surface area (Å²) in [6, 6.07) is 4.03. The topological polar surface area (TPSA) is 79.4 Å². The first kappa shape index (κ1) is 19.3. The minimum Gasteiger partial charge on any atom is -0.354 e. The van der Waals surface area contributed by atoms with E-state index in [4.69, 9.17) is 0 Å². The fraction of sp³-hybridized carbons (Fsp3) is 0.375. The monoisotopic (exact) mass is 415 g/mol. The number of benzene rings is 1. The van der Waals surface area contributed by atoms with Crippen LogP contribution in [-0.2, 0) is 21.2 Å². The quantitative estimate of drug-likeness (QED) is 0.781. The largest absolute Gasteiger partial charge is 0.354 e. The van der Waals surface area contributed by atoms with E-state index in [2.05, 4.69) is 10.3 Å². The molecule has 1 aliphatic rings. The molecule has 1 fully saturated rings. The molecule has 1 aromatic heterocycles. The molecule has 0 bridgehead atoms. The highest BCUT2D eigenvalue weighted by Crippen LogP contribution is 2.28. The third-order valence-electron chi connectivity index (χ3n) is 3.89. The lowest BCUT2D eigenvalue weighted by Crippen LogP contribution is -2.47. The van der Waals surface area contributed by atoms with Gasteiger partial charge in [-0.15, -0.1) is 23.1 Å². The highest BCUT2D eigenvalue weighted by atomic mass is 32.2. The summed E-state index contributed by atoms with van der Waals surface area (Å²) in [5.41, 5.74) is 0.901. The number of amides is 1. The fourth-order valence-electron chi connectivity index (χ4n) is 2.59. The number of aryl methyl sites for hydroxylation is 1. The summed E-state index contributed by atoms with van der Waals surface area (Å²) in [6.07, 6.45) is 0.590. The molecule has 1 saturated heterocycles. The van der Waals surface area contributed by atoms with Crippen molar-refractivity contribution in [1.29, 1.82) is 0 Å². The van der Waals surface area contributed by atoms with Crippen LogP contribution in [0.3, 0.4) is 0 Å². The molecule has 10 heteroatoms. The smallest absolute Gasteiger partial charge is 0.244 e. The molecular formula is C16H18FN3O3S3. The average molecular weight is 416 g/mol. The molecule has 1 aliphatic heterocycles. The van der Waals surface area contributed by atoms with Crippen LogP contribution in [0.4, 0.5) is 4.39 Å². The van der Waals surface area contributed by atoms with E-state index in [1.165, 1.54) is 30.0 Å². The molecule has 3 rings (SSSR count). The van der Waals surface area contributed by atoms with Gasteiger partial charge in [0.25, 0.3) is 0 Å². The molecule has 140 valence electrons. The van der Waals surface area contributed by atoms with E-state index in [0.717, 1.165) is 21.1 Å². The van der Waals surface area contributed by atoms with Crippen LogP contribution in [0.5, 0.6) is 0 Å². The Morgan fingerprint density at radius 2 is 2.27 bits per heavy atom. The van der Waals surface area contributed by atoms with Gasteiger partial charge in [-0.05, 0) is 25.1 Å². The number of sulfonamides is 1. The maximum Gasteiger partial charge on any atom is 0.244 e. The van der Waals surface area contributed by atoms with Gasteiger partial charge in [-0.2, -0.15) is 4.31 Å². The summed E-state index contributed by atoms with van der Waals surface area (Å²) in [6.45, 7) is 2.30. The summed E-state index contributed by atoms with van der Waals surface area (Å²) >= 11 is 2.90. The SMILES string of the molecule is Cc1nc(CCNC(=O)C2CSCN2S(=O)(=O)c2cccc(F)c2)cs1. The molecule has 6 nitrogen and oxygen atoms in total. The molecule has 2 heterocycles. The summed E-state index contributed by atoms with van der Waals surface area (Å²) in [4.78, 5) is 16.7. The number of hydrogen-bond acceptors (Lipinski definition) is 6. The molecule has 1 N–H and O–H groups in total. The third-order valence-corrected chi connectivity index (χ3v) is 7.74. The Balaban J connectivity index is 1.66. The van der Waals surface area contributed by atoms with Crippen LogP contribution in [0.1, 0.15) is 10.7 Å². The Hall–Kier alpha value is -1.49. The molecule has 1 amide bonds. The maximum absolute atomic E-state index is 13.4. The van der Waals surface area contributed by atoms with Gasteiger partial charge >= 0.3 is 0 Å². The molecule has 0 aliphatic carbocycles. The number of thiazole rings is 1. The van der Waals surface area contributed by atoms with Crippen LogP contribution in [-0.4, -0.2) is 47.8 Å². The normalized spacial score (nSPS) is 18.2. The minimum absolute atomic E-state index is 0.143. The van der Waals surface area contributed by atoms with E-state index in [9.17, 15) is 17.6 Å². The van der Waals surface area contributed by atoms with Crippen molar-refractivity contribution < 1.29 is 17.6 Å². The summed E-state index contributed by atoms with van der Waals surface area (Å²) in [7, 11) is -3.93. The highest BCUT2D eigenvalue weighted by Gasteiger charge is 2.40. The van der Waals surface area contributed by atoms with E-state index in [1.54, 1.807) is 11.3 Å². The van der Waals surface area contributed by atoms with Crippen molar-refractivity contribution in [2.75, 3.05) is 18.2 Å². The van der Waals surface area contributed by atoms with Gasteiger partial charge < -0.3 is 5.32 Å². The first-order chi connectivity index (χ1) is 12.4. The van der Waals surface area contributed by atoms with E-state index >= 15 is 0 Å². The van der Waals surface area contributed by atoms with Crippen molar-refractivity contribution in [3.8, 4) is 0 Å². The molecule has 0 saturated carbocycles. The Bertz CT molecular complexity index is 901. The highest BCUT2D eigenvalue weighted by molar-refractivity contribution is 8.00. The van der Waals surface area contributed by atoms with Crippen LogP contribution >= 0.6 is 23.1 Å². The Labute approximate surface area is 159 Å². The molecule has 1 atom stereocenters. The van der Waals surface area contributed by atoms with Crippen LogP contribution in [0, 0.1) is 12.7 Å². The average Bonchev–Trinajstić information content (AvgIpc) is 3.24. The second-order valence-corrected chi connectivity index (χ2v) is 9.72. The van der Waals surface area contributed by atoms with E-state index in [1.807, 2.05) is 12.3 Å². The van der Waals surface area contributed by atoms with Gasteiger partial charge in [0.05, 0.1) is 21.5 Å². The van der Waals surface area contributed by atoms with Crippen molar-refractivity contribution in [2.45, 2.75) is 24.3 Å². The predicted octanol–water partition coefficient (Wildman–Crippen LogP) is 2.01. The predicted molar refractivity (Wildman–Crippen MR) is 100 cm³/mol. The van der Waals surface area contributed by atoms with Gasteiger partial charge in [0, 0.05) is 24.1 Å². The summed E-state index contributed by atoms with van der Waals surface area (Å²) in [5.74, 6) is -0.433. The van der Waals surface area contributed by atoms with Crippen LogP contribution < -0.4 is 5.32 Å². The molecule has 0 spiro atoms. The zero-order valence-electron chi connectivity index (χ0n) is 14.0. The number of aromatic nitrogens is 1. The van der Waals surface area contributed by atoms with Crippen molar-refractivity contribution in [3.05, 3.63) is 46.2 Å². The lowest BCUT2D eigenvalue weighted by molar-refractivity contribution is -0.123.